The van der Waals surface area contributed by atoms with Crippen LogP contribution in [0.3, 0.4) is 0 Å². The first-order chi connectivity index (χ1) is 10.4. The Morgan fingerprint density at radius 2 is 1.83 bits per heavy atom. The van der Waals surface area contributed by atoms with Gasteiger partial charge in [0.05, 0.1) is 5.75 Å². The quantitative estimate of drug-likeness (QED) is 0.375. The number of nitrogens with one attached hydrogen (secondary N) is 2. The second-order valence-corrected chi connectivity index (χ2v) is 7.44. The van der Waals surface area contributed by atoms with E-state index < -0.39 is 15.7 Å². The Bertz CT molecular complexity index is 606. The van der Waals surface area contributed by atoms with Gasteiger partial charge in [-0.15, -0.1) is 24.0 Å². The minimum atomic E-state index is -3.65. The van der Waals surface area contributed by atoms with Gasteiger partial charge < -0.3 is 10.6 Å². The van der Waals surface area contributed by atoms with Crippen LogP contribution in [0.2, 0.25) is 0 Å². The van der Waals surface area contributed by atoms with Crippen molar-refractivity contribution in [1.29, 1.82) is 0 Å². The fraction of sp³-hybridized carbons (Fsp3) is 0.533. The van der Waals surface area contributed by atoms with E-state index in [0.29, 0.717) is 11.9 Å². The number of hydrogen-bond acceptors (Lipinski definition) is 3. The maximum Gasteiger partial charge on any atom is 0.191 e. The van der Waals surface area contributed by atoms with Crippen molar-refractivity contribution in [1.82, 2.24) is 10.6 Å². The Morgan fingerprint density at radius 1 is 1.22 bits per heavy atom. The van der Waals surface area contributed by atoms with E-state index in [1.165, 1.54) is 18.2 Å². The molecule has 0 radical (unpaired) electrons. The first-order valence-corrected chi connectivity index (χ1v) is 8.94. The molecule has 1 rings (SSSR count). The average Bonchev–Trinajstić information content (AvgIpc) is 2.45. The van der Waals surface area contributed by atoms with Crippen LogP contribution in [0.4, 0.5) is 4.39 Å². The van der Waals surface area contributed by atoms with Gasteiger partial charge in [0, 0.05) is 20.1 Å². The van der Waals surface area contributed by atoms with Crippen molar-refractivity contribution in [3.05, 3.63) is 30.1 Å². The molecule has 0 saturated carbocycles. The summed E-state index contributed by atoms with van der Waals surface area (Å²) in [5.74, 6) is 0.206. The third-order valence-corrected chi connectivity index (χ3v) is 4.82. The highest BCUT2D eigenvalue weighted by atomic mass is 127. The zero-order valence-electron chi connectivity index (χ0n) is 13.7. The summed E-state index contributed by atoms with van der Waals surface area (Å²) in [7, 11) is -2.03. The van der Waals surface area contributed by atoms with Gasteiger partial charge in [-0.05, 0) is 24.5 Å². The lowest BCUT2D eigenvalue weighted by molar-refractivity contribution is 0.565. The molecule has 0 unspecified atom stereocenters. The maximum absolute atomic E-state index is 13.5. The predicted molar refractivity (Wildman–Crippen MR) is 103 cm³/mol. The zero-order valence-corrected chi connectivity index (χ0v) is 16.8. The van der Waals surface area contributed by atoms with E-state index >= 15 is 0 Å². The van der Waals surface area contributed by atoms with Gasteiger partial charge in [-0.1, -0.05) is 26.0 Å². The standard InChI is InChI=1S/C15H24FN3O2S.HI/c1-12(2)8-9-18-15(17-3)19-10-11-22(20,21)14-7-5-4-6-13(14)16;/h4-7,12H,8-11H2,1-3H3,(H2,17,18,19);1H. The smallest absolute Gasteiger partial charge is 0.191 e. The predicted octanol–water partition coefficient (Wildman–Crippen LogP) is 2.43. The number of hydrogen-bond donors (Lipinski definition) is 2. The molecule has 1 aromatic rings. The van der Waals surface area contributed by atoms with E-state index in [-0.39, 0.29) is 41.2 Å². The van der Waals surface area contributed by atoms with Gasteiger partial charge in [-0.2, -0.15) is 0 Å². The van der Waals surface area contributed by atoms with Crippen LogP contribution in [0.1, 0.15) is 20.3 Å². The topological polar surface area (TPSA) is 70.6 Å². The van der Waals surface area contributed by atoms with Gasteiger partial charge in [0.1, 0.15) is 10.7 Å². The van der Waals surface area contributed by atoms with E-state index in [9.17, 15) is 12.8 Å². The average molecular weight is 457 g/mol. The van der Waals surface area contributed by atoms with Crippen LogP contribution in [0.5, 0.6) is 0 Å². The molecule has 0 amide bonds. The molecule has 8 heteroatoms. The summed E-state index contributed by atoms with van der Waals surface area (Å²) >= 11 is 0. The second kappa shape index (κ2) is 10.8. The lowest BCUT2D eigenvalue weighted by Gasteiger charge is -2.13. The third-order valence-electron chi connectivity index (χ3n) is 3.07. The number of aliphatic imine (C=N–C) groups is 1. The van der Waals surface area contributed by atoms with Crippen LogP contribution in [0, 0.1) is 11.7 Å². The number of nitrogens with zero attached hydrogens (tertiary/aromatic N) is 1. The van der Waals surface area contributed by atoms with Crippen LogP contribution in [0.25, 0.3) is 0 Å². The van der Waals surface area contributed by atoms with Gasteiger partial charge in [-0.25, -0.2) is 12.8 Å². The summed E-state index contributed by atoms with van der Waals surface area (Å²) in [6, 6.07) is 5.40. The fourth-order valence-corrected chi connectivity index (χ4v) is 3.05. The molecule has 0 aliphatic rings. The Hall–Kier alpha value is -0.900. The molecule has 0 saturated heterocycles. The second-order valence-electron chi connectivity index (χ2n) is 5.36. The summed E-state index contributed by atoms with van der Waals surface area (Å²) < 4.78 is 37.7. The lowest BCUT2D eigenvalue weighted by atomic mass is 10.1. The molecular weight excluding hydrogens is 432 g/mol. The monoisotopic (exact) mass is 457 g/mol. The van der Waals surface area contributed by atoms with Crippen molar-refractivity contribution in [3.63, 3.8) is 0 Å². The van der Waals surface area contributed by atoms with Gasteiger partial charge in [0.15, 0.2) is 15.8 Å². The van der Waals surface area contributed by atoms with Gasteiger partial charge in [-0.3, -0.25) is 4.99 Å². The van der Waals surface area contributed by atoms with Crippen LogP contribution in [0.15, 0.2) is 34.2 Å². The van der Waals surface area contributed by atoms with Crippen molar-refractivity contribution in [2.45, 2.75) is 25.2 Å². The first-order valence-electron chi connectivity index (χ1n) is 7.28. The van der Waals surface area contributed by atoms with Crippen molar-refractivity contribution >= 4 is 39.8 Å². The minimum absolute atomic E-state index is 0. The zero-order chi connectivity index (χ0) is 16.6. The van der Waals surface area contributed by atoms with Crippen molar-refractivity contribution in [3.8, 4) is 0 Å². The molecular formula is C15H25FIN3O2S. The molecule has 0 spiro atoms. The highest BCUT2D eigenvalue weighted by Crippen LogP contribution is 2.14. The number of rotatable bonds is 7. The molecule has 2 N–H and O–H groups in total. The number of guanidine groups is 1. The van der Waals surface area contributed by atoms with Gasteiger partial charge in [0.25, 0.3) is 0 Å². The number of sulfone groups is 1. The first kappa shape index (κ1) is 22.1. The van der Waals surface area contributed by atoms with Crippen LogP contribution < -0.4 is 10.6 Å². The Balaban J connectivity index is 0.00000484. The number of benzene rings is 1. The largest absolute Gasteiger partial charge is 0.356 e. The van der Waals surface area contributed by atoms with E-state index in [2.05, 4.69) is 29.5 Å². The van der Waals surface area contributed by atoms with Crippen molar-refractivity contribution in [2.24, 2.45) is 10.9 Å². The molecule has 0 aliphatic carbocycles. The van der Waals surface area contributed by atoms with Crippen molar-refractivity contribution in [2.75, 3.05) is 25.9 Å². The minimum Gasteiger partial charge on any atom is -0.356 e. The molecule has 0 atom stereocenters. The van der Waals surface area contributed by atoms with Crippen LogP contribution in [-0.4, -0.2) is 40.3 Å². The summed E-state index contributed by atoms with van der Waals surface area (Å²) in [5, 5.41) is 6.03. The molecule has 23 heavy (non-hydrogen) atoms. The van der Waals surface area contributed by atoms with Crippen LogP contribution in [-0.2, 0) is 9.84 Å². The molecule has 0 bridgehead atoms. The third kappa shape index (κ3) is 7.96. The van der Waals surface area contributed by atoms with Gasteiger partial charge in [0.2, 0.25) is 0 Å². The van der Waals surface area contributed by atoms with Crippen LogP contribution >= 0.6 is 24.0 Å². The van der Waals surface area contributed by atoms with E-state index in [4.69, 9.17) is 0 Å². The summed E-state index contributed by atoms with van der Waals surface area (Å²) in [6.07, 6.45) is 0.994. The van der Waals surface area contributed by atoms with E-state index in [0.717, 1.165) is 19.0 Å². The van der Waals surface area contributed by atoms with Crippen molar-refractivity contribution < 1.29 is 12.8 Å². The Labute approximate surface area is 155 Å². The van der Waals surface area contributed by atoms with E-state index in [1.807, 2.05) is 0 Å². The molecule has 0 heterocycles. The SMILES string of the molecule is CN=C(NCCC(C)C)NCCS(=O)(=O)c1ccccc1F.I. The fourth-order valence-electron chi connectivity index (χ4n) is 1.81. The summed E-state index contributed by atoms with van der Waals surface area (Å²) in [4.78, 5) is 3.76. The summed E-state index contributed by atoms with van der Waals surface area (Å²) in [5.41, 5.74) is 0. The highest BCUT2D eigenvalue weighted by Gasteiger charge is 2.18. The summed E-state index contributed by atoms with van der Waals surface area (Å²) in [6.45, 7) is 5.17. The molecule has 0 aliphatic heterocycles. The molecule has 0 fully saturated rings. The van der Waals surface area contributed by atoms with Gasteiger partial charge >= 0.3 is 0 Å². The molecule has 5 nitrogen and oxygen atoms in total. The molecule has 0 aromatic heterocycles. The molecule has 132 valence electrons. The molecule has 1 aromatic carbocycles. The lowest BCUT2D eigenvalue weighted by Crippen LogP contribution is -2.40. The Morgan fingerprint density at radius 3 is 2.39 bits per heavy atom. The maximum atomic E-state index is 13.5. The van der Waals surface area contributed by atoms with E-state index in [1.54, 1.807) is 7.05 Å². The highest BCUT2D eigenvalue weighted by molar-refractivity contribution is 14.0. The normalized spacial score (nSPS) is 12.0. The number of halogens is 2. The Kier molecular flexibility index (Phi) is 10.4.